The molecule has 0 atom stereocenters. The van der Waals surface area contributed by atoms with Crippen LogP contribution in [-0.4, -0.2) is 27.2 Å². The van der Waals surface area contributed by atoms with Crippen molar-refractivity contribution in [3.8, 4) is 0 Å². The second-order valence-corrected chi connectivity index (χ2v) is 7.98. The maximum atomic E-state index is 13.8. The maximum Gasteiger partial charge on any atom is 0.260 e. The molecular formula is C22H20F2N2OS. The van der Waals surface area contributed by atoms with E-state index in [0.717, 1.165) is 12.8 Å². The van der Waals surface area contributed by atoms with Gasteiger partial charge in [-0.25, -0.2) is 8.78 Å². The smallest absolute Gasteiger partial charge is 0.260 e. The molecule has 1 aliphatic carbocycles. The molecule has 1 aliphatic heterocycles. The van der Waals surface area contributed by atoms with E-state index >= 15 is 0 Å². The molecule has 3 nitrogen and oxygen atoms in total. The highest BCUT2D eigenvalue weighted by Gasteiger charge is 2.49. The maximum absolute atomic E-state index is 13.8. The minimum Gasteiger partial charge on any atom is -0.271 e. The highest BCUT2D eigenvalue weighted by atomic mass is 32.1. The average molecular weight is 398 g/mol. The summed E-state index contributed by atoms with van der Waals surface area (Å²) in [7, 11) is 0. The lowest BCUT2D eigenvalue weighted by Crippen LogP contribution is -2.51. The number of thiocarbonyl (C=S) groups is 1. The van der Waals surface area contributed by atoms with Gasteiger partial charge in [-0.1, -0.05) is 31.3 Å². The lowest BCUT2D eigenvalue weighted by atomic mass is 9.82. The Morgan fingerprint density at radius 2 is 1.79 bits per heavy atom. The Bertz CT molecular complexity index is 963. The van der Waals surface area contributed by atoms with Crippen LogP contribution in [0.1, 0.15) is 48.5 Å². The highest BCUT2D eigenvalue weighted by molar-refractivity contribution is 7.82. The Morgan fingerprint density at radius 1 is 1.11 bits per heavy atom. The van der Waals surface area contributed by atoms with Gasteiger partial charge >= 0.3 is 0 Å². The molecule has 0 radical (unpaired) electrons. The van der Waals surface area contributed by atoms with Gasteiger partial charge in [0.2, 0.25) is 0 Å². The topological polar surface area (TPSA) is 32.7 Å². The number of carbonyl (C=O) groups excluding carboxylic acids is 1. The van der Waals surface area contributed by atoms with E-state index in [1.807, 2.05) is 0 Å². The van der Waals surface area contributed by atoms with Crippen LogP contribution < -0.4 is 0 Å². The lowest BCUT2D eigenvalue weighted by molar-refractivity contribution is 0.0613. The molecule has 1 fully saturated rings. The van der Waals surface area contributed by atoms with Crippen LogP contribution in [0.5, 0.6) is 0 Å². The molecular weight excluding hydrogens is 378 g/mol. The molecule has 28 heavy (non-hydrogen) atoms. The number of amides is 1. The number of carbonyl (C=O) groups is 1. The molecule has 2 aromatic carbocycles. The minimum absolute atomic E-state index is 0.297. The predicted molar refractivity (Wildman–Crippen MR) is 108 cm³/mol. The van der Waals surface area contributed by atoms with E-state index < -0.39 is 11.5 Å². The Balaban J connectivity index is 1.77. The van der Waals surface area contributed by atoms with Crippen LogP contribution in [0.15, 0.2) is 53.5 Å². The first kappa shape index (κ1) is 18.9. The number of halogens is 2. The Hall–Kier alpha value is -2.47. The van der Waals surface area contributed by atoms with Crippen molar-refractivity contribution >= 4 is 28.8 Å². The molecule has 0 N–H and O–H groups in total. The third-order valence-corrected chi connectivity index (χ3v) is 5.99. The average Bonchev–Trinajstić information content (AvgIpc) is 2.96. The molecule has 0 saturated heterocycles. The molecule has 2 aromatic rings. The van der Waals surface area contributed by atoms with Gasteiger partial charge in [-0.15, -0.1) is 0 Å². The van der Waals surface area contributed by atoms with Gasteiger partial charge in [0, 0.05) is 11.1 Å². The van der Waals surface area contributed by atoms with Crippen molar-refractivity contribution in [2.45, 2.75) is 38.3 Å². The molecule has 6 heteroatoms. The van der Waals surface area contributed by atoms with Gasteiger partial charge in [0.25, 0.3) is 5.91 Å². The fourth-order valence-corrected chi connectivity index (χ4v) is 4.40. The minimum atomic E-state index is -0.753. The first-order chi connectivity index (χ1) is 13.4. The van der Waals surface area contributed by atoms with Crippen LogP contribution in [-0.2, 0) is 0 Å². The number of benzene rings is 2. The van der Waals surface area contributed by atoms with E-state index in [2.05, 4.69) is 6.92 Å². The van der Waals surface area contributed by atoms with Crippen LogP contribution in [0.3, 0.4) is 0 Å². The molecule has 144 valence electrons. The van der Waals surface area contributed by atoms with Crippen molar-refractivity contribution in [1.82, 2.24) is 4.90 Å². The largest absolute Gasteiger partial charge is 0.271 e. The normalized spacial score (nSPS) is 24.5. The van der Waals surface area contributed by atoms with E-state index in [9.17, 15) is 13.6 Å². The van der Waals surface area contributed by atoms with E-state index in [4.69, 9.17) is 17.2 Å². The quantitative estimate of drug-likeness (QED) is 0.656. The summed E-state index contributed by atoms with van der Waals surface area (Å²) in [6.07, 6.45) is 3.24. The van der Waals surface area contributed by atoms with Crippen molar-refractivity contribution in [2.75, 3.05) is 0 Å². The van der Waals surface area contributed by atoms with Gasteiger partial charge in [-0.3, -0.25) is 14.7 Å². The number of hydrogen-bond donors (Lipinski definition) is 0. The van der Waals surface area contributed by atoms with Crippen LogP contribution >= 0.6 is 12.2 Å². The van der Waals surface area contributed by atoms with Crippen molar-refractivity contribution < 1.29 is 13.6 Å². The number of nitrogens with zero attached hydrogens (tertiary/aromatic N) is 2. The van der Waals surface area contributed by atoms with Crippen LogP contribution in [0.4, 0.5) is 8.78 Å². The summed E-state index contributed by atoms with van der Waals surface area (Å²) in [6, 6.07) is 11.5. The summed E-state index contributed by atoms with van der Waals surface area (Å²) in [6.45, 7) is 2.18. The van der Waals surface area contributed by atoms with Crippen molar-refractivity contribution in [3.05, 3.63) is 71.3 Å². The predicted octanol–water partition coefficient (Wildman–Crippen LogP) is 5.14. The molecule has 0 aromatic heterocycles. The van der Waals surface area contributed by atoms with Crippen molar-refractivity contribution in [3.63, 3.8) is 0 Å². The Labute approximate surface area is 168 Å². The van der Waals surface area contributed by atoms with Crippen LogP contribution in [0.25, 0.3) is 0 Å². The first-order valence-corrected chi connectivity index (χ1v) is 9.81. The fraction of sp³-hybridized carbons (Fsp3) is 0.318. The summed E-state index contributed by atoms with van der Waals surface area (Å²) in [4.78, 5) is 20.1. The Morgan fingerprint density at radius 3 is 2.43 bits per heavy atom. The first-order valence-electron chi connectivity index (χ1n) is 9.40. The summed E-state index contributed by atoms with van der Waals surface area (Å²) in [5.41, 5.74) is 0.644. The van der Waals surface area contributed by atoms with Gasteiger partial charge in [0.1, 0.15) is 28.0 Å². The molecule has 1 saturated carbocycles. The number of hydrogen-bond acceptors (Lipinski definition) is 3. The van der Waals surface area contributed by atoms with Crippen LogP contribution in [0.2, 0.25) is 0 Å². The van der Waals surface area contributed by atoms with E-state index in [-0.39, 0.29) is 11.7 Å². The molecule has 0 unspecified atom stereocenters. The second-order valence-electron chi connectivity index (χ2n) is 7.59. The van der Waals surface area contributed by atoms with E-state index in [1.54, 1.807) is 17.0 Å². The van der Waals surface area contributed by atoms with Gasteiger partial charge in [0.05, 0.1) is 0 Å². The fourth-order valence-electron chi connectivity index (χ4n) is 3.99. The van der Waals surface area contributed by atoms with E-state index in [0.29, 0.717) is 40.6 Å². The molecule has 1 amide bonds. The van der Waals surface area contributed by atoms with Crippen LogP contribution in [0, 0.1) is 17.6 Å². The van der Waals surface area contributed by atoms with Gasteiger partial charge in [-0.2, -0.15) is 0 Å². The third-order valence-electron chi connectivity index (χ3n) is 5.61. The summed E-state index contributed by atoms with van der Waals surface area (Å²) < 4.78 is 27.1. The zero-order chi connectivity index (χ0) is 19.9. The summed E-state index contributed by atoms with van der Waals surface area (Å²) in [5.74, 6) is -0.527. The molecule has 1 spiro atoms. The van der Waals surface area contributed by atoms with Crippen molar-refractivity contribution in [1.29, 1.82) is 0 Å². The number of rotatable bonds is 2. The standard InChI is InChI=1S/C22H20F2N2OS/c1-14-9-11-22(12-10-14)25-19(16-3-2-4-18(24)13-16)21(28)26(22)20(27)15-5-7-17(23)8-6-15/h2-8,13-14H,9-12H2,1H3. The number of aliphatic imine (C=N–C) groups is 1. The highest BCUT2D eigenvalue weighted by Crippen LogP contribution is 2.42. The van der Waals surface area contributed by atoms with Gasteiger partial charge < -0.3 is 0 Å². The summed E-state index contributed by atoms with van der Waals surface area (Å²) in [5, 5.41) is 0. The van der Waals surface area contributed by atoms with E-state index in [1.165, 1.54) is 36.4 Å². The second kappa shape index (κ2) is 7.17. The van der Waals surface area contributed by atoms with Crippen molar-refractivity contribution in [2.24, 2.45) is 10.9 Å². The Kier molecular flexibility index (Phi) is 4.83. The van der Waals surface area contributed by atoms with Gasteiger partial charge in [0.15, 0.2) is 0 Å². The lowest BCUT2D eigenvalue weighted by Gasteiger charge is -2.40. The molecule has 0 bridgehead atoms. The zero-order valence-electron chi connectivity index (χ0n) is 15.5. The zero-order valence-corrected chi connectivity index (χ0v) is 16.3. The molecule has 4 rings (SSSR count). The summed E-state index contributed by atoms with van der Waals surface area (Å²) >= 11 is 5.65. The molecule has 1 heterocycles. The SMILES string of the molecule is CC1CCC2(CC1)N=C(c1cccc(F)c1)C(=S)N2C(=O)c1ccc(F)cc1. The monoisotopic (exact) mass is 398 g/mol. The molecule has 2 aliphatic rings. The van der Waals surface area contributed by atoms with Gasteiger partial charge in [-0.05, 0) is 68.0 Å². The third kappa shape index (κ3) is 3.26.